The van der Waals surface area contributed by atoms with Gasteiger partial charge in [0.05, 0.1) is 6.04 Å². The van der Waals surface area contributed by atoms with Gasteiger partial charge in [-0.2, -0.15) is 0 Å². The van der Waals surface area contributed by atoms with E-state index in [4.69, 9.17) is 0 Å². The number of amides is 1. The van der Waals surface area contributed by atoms with Gasteiger partial charge < -0.3 is 10.6 Å². The Hall–Kier alpha value is -0.570. The van der Waals surface area contributed by atoms with Gasteiger partial charge in [-0.3, -0.25) is 4.79 Å². The third-order valence-electron chi connectivity index (χ3n) is 1.45. The summed E-state index contributed by atoms with van der Waals surface area (Å²) in [7, 11) is 0. The zero-order chi connectivity index (χ0) is 8.69. The molecular weight excluding hydrogens is 140 g/mol. The van der Waals surface area contributed by atoms with Crippen molar-refractivity contribution in [3.05, 3.63) is 0 Å². The zero-order valence-corrected chi connectivity index (χ0v) is 7.61. The molecule has 0 aromatic carbocycles. The zero-order valence-electron chi connectivity index (χ0n) is 7.61. The number of likely N-dealkylation sites (N-methyl/N-ethyl adjacent to an activating group) is 1. The second-order valence-electron chi connectivity index (χ2n) is 2.57. The number of hydrogen-bond donors (Lipinski definition) is 2. The van der Waals surface area contributed by atoms with Crippen LogP contribution in [-0.2, 0) is 4.79 Å². The Morgan fingerprint density at radius 1 is 1.45 bits per heavy atom. The van der Waals surface area contributed by atoms with E-state index in [1.807, 2.05) is 20.8 Å². The van der Waals surface area contributed by atoms with Gasteiger partial charge in [0.25, 0.3) is 0 Å². The van der Waals surface area contributed by atoms with E-state index in [9.17, 15) is 4.79 Å². The van der Waals surface area contributed by atoms with Gasteiger partial charge >= 0.3 is 0 Å². The van der Waals surface area contributed by atoms with Crippen LogP contribution >= 0.6 is 0 Å². The molecule has 0 aliphatic heterocycles. The van der Waals surface area contributed by atoms with Crippen molar-refractivity contribution in [1.29, 1.82) is 0 Å². The van der Waals surface area contributed by atoms with Gasteiger partial charge in [-0.05, 0) is 19.9 Å². The predicted molar refractivity (Wildman–Crippen MR) is 46.4 cm³/mol. The molecule has 66 valence electrons. The van der Waals surface area contributed by atoms with E-state index in [2.05, 4.69) is 10.6 Å². The molecule has 1 amide bonds. The Morgan fingerprint density at radius 2 is 2.09 bits per heavy atom. The third kappa shape index (κ3) is 4.79. The standard InChI is InChI=1S/C8H18N2O/c1-4-6-10-8(11)7(3)9-5-2/h7,9H,4-6H2,1-3H3,(H,10,11). The van der Waals surface area contributed by atoms with Crippen molar-refractivity contribution in [1.82, 2.24) is 10.6 Å². The molecule has 2 N–H and O–H groups in total. The Morgan fingerprint density at radius 3 is 2.55 bits per heavy atom. The Labute approximate surface area is 68.6 Å². The highest BCUT2D eigenvalue weighted by Crippen LogP contribution is 1.81. The molecule has 0 spiro atoms. The molecule has 1 unspecified atom stereocenters. The van der Waals surface area contributed by atoms with Gasteiger partial charge in [-0.1, -0.05) is 13.8 Å². The predicted octanol–water partition coefficient (Wildman–Crippen LogP) is 0.511. The van der Waals surface area contributed by atoms with E-state index in [1.54, 1.807) is 0 Å². The highest BCUT2D eigenvalue weighted by atomic mass is 16.2. The summed E-state index contributed by atoms with van der Waals surface area (Å²) in [5, 5.41) is 5.86. The number of carbonyl (C=O) groups is 1. The normalized spacial score (nSPS) is 12.6. The maximum Gasteiger partial charge on any atom is 0.236 e. The summed E-state index contributed by atoms with van der Waals surface area (Å²) < 4.78 is 0. The number of rotatable bonds is 5. The van der Waals surface area contributed by atoms with Crippen LogP contribution in [0.15, 0.2) is 0 Å². The highest BCUT2D eigenvalue weighted by molar-refractivity contribution is 5.81. The SMILES string of the molecule is CCCNC(=O)C(C)NCC. The average molecular weight is 158 g/mol. The molecule has 0 aliphatic carbocycles. The fourth-order valence-electron chi connectivity index (χ4n) is 0.800. The molecule has 0 saturated carbocycles. The minimum Gasteiger partial charge on any atom is -0.355 e. The van der Waals surface area contributed by atoms with E-state index in [0.717, 1.165) is 19.5 Å². The molecule has 0 bridgehead atoms. The molecule has 11 heavy (non-hydrogen) atoms. The lowest BCUT2D eigenvalue weighted by molar-refractivity contribution is -0.122. The largest absolute Gasteiger partial charge is 0.355 e. The van der Waals surface area contributed by atoms with Crippen molar-refractivity contribution in [3.8, 4) is 0 Å². The fourth-order valence-corrected chi connectivity index (χ4v) is 0.800. The molecule has 0 aliphatic rings. The average Bonchev–Trinajstić information content (AvgIpc) is 2.00. The maximum atomic E-state index is 11.1. The van der Waals surface area contributed by atoms with Crippen LogP contribution in [0.2, 0.25) is 0 Å². The van der Waals surface area contributed by atoms with Gasteiger partial charge in [-0.15, -0.1) is 0 Å². The van der Waals surface area contributed by atoms with Gasteiger partial charge in [0.15, 0.2) is 0 Å². The van der Waals surface area contributed by atoms with Crippen molar-refractivity contribution in [2.24, 2.45) is 0 Å². The first-order valence-electron chi connectivity index (χ1n) is 4.23. The second kappa shape index (κ2) is 6.16. The molecular formula is C8H18N2O. The molecule has 0 aromatic heterocycles. The lowest BCUT2D eigenvalue weighted by Crippen LogP contribution is -2.42. The first-order valence-corrected chi connectivity index (χ1v) is 4.23. The van der Waals surface area contributed by atoms with Gasteiger partial charge in [-0.25, -0.2) is 0 Å². The highest BCUT2D eigenvalue weighted by Gasteiger charge is 2.08. The van der Waals surface area contributed by atoms with Crippen LogP contribution < -0.4 is 10.6 Å². The maximum absolute atomic E-state index is 11.1. The van der Waals surface area contributed by atoms with Gasteiger partial charge in [0, 0.05) is 6.54 Å². The molecule has 0 heterocycles. The van der Waals surface area contributed by atoms with Crippen LogP contribution in [-0.4, -0.2) is 25.0 Å². The quantitative estimate of drug-likeness (QED) is 0.612. The van der Waals surface area contributed by atoms with Crippen LogP contribution in [0.1, 0.15) is 27.2 Å². The summed E-state index contributed by atoms with van der Waals surface area (Å²) in [6, 6.07) is -0.0634. The van der Waals surface area contributed by atoms with Crippen LogP contribution in [0.5, 0.6) is 0 Å². The Balaban J connectivity index is 3.47. The van der Waals surface area contributed by atoms with Crippen LogP contribution in [0.4, 0.5) is 0 Å². The van der Waals surface area contributed by atoms with E-state index in [1.165, 1.54) is 0 Å². The topological polar surface area (TPSA) is 41.1 Å². The summed E-state index contributed by atoms with van der Waals surface area (Å²) in [5.41, 5.74) is 0. The summed E-state index contributed by atoms with van der Waals surface area (Å²) in [6.07, 6.45) is 0.991. The molecule has 0 rings (SSSR count). The number of hydrogen-bond acceptors (Lipinski definition) is 2. The Bertz CT molecular complexity index is 115. The summed E-state index contributed by atoms with van der Waals surface area (Å²) in [4.78, 5) is 11.1. The van der Waals surface area contributed by atoms with Gasteiger partial charge in [0.1, 0.15) is 0 Å². The van der Waals surface area contributed by atoms with Gasteiger partial charge in [0.2, 0.25) is 5.91 Å². The van der Waals surface area contributed by atoms with Crippen molar-refractivity contribution in [2.45, 2.75) is 33.2 Å². The van der Waals surface area contributed by atoms with Crippen molar-refractivity contribution < 1.29 is 4.79 Å². The van der Waals surface area contributed by atoms with E-state index in [-0.39, 0.29) is 11.9 Å². The lowest BCUT2D eigenvalue weighted by Gasteiger charge is -2.11. The molecule has 0 aromatic rings. The minimum absolute atomic E-state index is 0.0634. The molecule has 0 fully saturated rings. The molecule has 3 heteroatoms. The molecule has 0 saturated heterocycles. The second-order valence-corrected chi connectivity index (χ2v) is 2.57. The van der Waals surface area contributed by atoms with Crippen LogP contribution in [0, 0.1) is 0 Å². The van der Waals surface area contributed by atoms with Crippen LogP contribution in [0.25, 0.3) is 0 Å². The molecule has 1 atom stereocenters. The van der Waals surface area contributed by atoms with E-state index in [0.29, 0.717) is 0 Å². The monoisotopic (exact) mass is 158 g/mol. The Kier molecular flexibility index (Phi) is 5.84. The third-order valence-corrected chi connectivity index (χ3v) is 1.45. The summed E-state index contributed by atoms with van der Waals surface area (Å²) in [5.74, 6) is 0.0914. The van der Waals surface area contributed by atoms with E-state index >= 15 is 0 Å². The van der Waals surface area contributed by atoms with Crippen molar-refractivity contribution in [3.63, 3.8) is 0 Å². The summed E-state index contributed by atoms with van der Waals surface area (Å²) in [6.45, 7) is 7.51. The van der Waals surface area contributed by atoms with Crippen molar-refractivity contribution >= 4 is 5.91 Å². The van der Waals surface area contributed by atoms with E-state index < -0.39 is 0 Å². The van der Waals surface area contributed by atoms with Crippen LogP contribution in [0.3, 0.4) is 0 Å². The first-order chi connectivity index (χ1) is 5.22. The molecule has 3 nitrogen and oxygen atoms in total. The minimum atomic E-state index is -0.0634. The number of nitrogens with one attached hydrogen (secondary N) is 2. The first kappa shape index (κ1) is 10.4. The lowest BCUT2D eigenvalue weighted by atomic mass is 10.3. The summed E-state index contributed by atoms with van der Waals surface area (Å²) >= 11 is 0. The molecule has 0 radical (unpaired) electrons. The number of carbonyl (C=O) groups excluding carboxylic acids is 1. The fraction of sp³-hybridized carbons (Fsp3) is 0.875. The van der Waals surface area contributed by atoms with Crippen molar-refractivity contribution in [2.75, 3.05) is 13.1 Å². The smallest absolute Gasteiger partial charge is 0.236 e.